The molecule has 0 aliphatic heterocycles. The Morgan fingerprint density at radius 3 is 1.11 bits per heavy atom. The van der Waals surface area contributed by atoms with E-state index in [0.29, 0.717) is 0 Å². The van der Waals surface area contributed by atoms with Gasteiger partial charge in [0.05, 0.1) is 22.1 Å². The third-order valence-corrected chi connectivity index (χ3v) is 17.7. The Bertz CT molecular complexity index is 4220. The fourth-order valence-corrected chi connectivity index (χ4v) is 13.8. The molecule has 0 saturated heterocycles. The summed E-state index contributed by atoms with van der Waals surface area (Å²) in [5.74, 6) is 0. The molecule has 0 fully saturated rings. The van der Waals surface area contributed by atoms with Crippen molar-refractivity contribution in [3.8, 4) is 64.3 Å². The van der Waals surface area contributed by atoms with Gasteiger partial charge >= 0.3 is 0 Å². The zero-order valence-electron chi connectivity index (χ0n) is 39.2. The Kier molecular flexibility index (Phi) is 8.78. The molecule has 334 valence electrons. The van der Waals surface area contributed by atoms with Gasteiger partial charge in [0.2, 0.25) is 0 Å². The highest BCUT2D eigenvalue weighted by molar-refractivity contribution is 7.19. The van der Waals surface area contributed by atoms with E-state index in [9.17, 15) is 0 Å². The second-order valence-electron chi connectivity index (χ2n) is 19.7. The molecule has 4 heterocycles. The summed E-state index contributed by atoms with van der Waals surface area (Å²) in [7, 11) is 0. The van der Waals surface area contributed by atoms with Gasteiger partial charge in [-0.05, 0) is 163 Å². The van der Waals surface area contributed by atoms with Crippen LogP contribution in [0.3, 0.4) is 0 Å². The Balaban J connectivity index is 0.728. The van der Waals surface area contributed by atoms with E-state index in [-0.39, 0.29) is 5.41 Å². The van der Waals surface area contributed by atoms with Crippen LogP contribution < -0.4 is 0 Å². The number of nitrogens with zero attached hydrogens (tertiary/aromatic N) is 2. The first-order chi connectivity index (χ1) is 34.9. The van der Waals surface area contributed by atoms with Crippen LogP contribution in [0.15, 0.2) is 231 Å². The standard InChI is InChI=1S/C67H44N2S2/c1-67(2)57-39-47(65-33-31-63(70-65)45-23-29-61-55(37-45)53-15-7-9-17-59(53)68(61)49-25-19-41-11-3-5-13-43(41)35-49)21-27-51(57)52-28-22-48(40-58(52)67)66-34-32-64(71-66)46-24-30-62-56(38-46)54-16-8-10-18-60(54)69(62)50-26-20-42-12-4-6-14-44(42)36-50/h3-40H,1-2H3. The van der Waals surface area contributed by atoms with Crippen LogP contribution in [-0.4, -0.2) is 9.13 Å². The number of rotatable bonds is 6. The van der Waals surface area contributed by atoms with Crippen molar-refractivity contribution in [1.82, 2.24) is 9.13 Å². The molecule has 0 spiro atoms. The van der Waals surface area contributed by atoms with Crippen molar-refractivity contribution < 1.29 is 0 Å². The van der Waals surface area contributed by atoms with Crippen LogP contribution in [0, 0.1) is 0 Å². The number of hydrogen-bond acceptors (Lipinski definition) is 2. The number of aromatic nitrogens is 2. The van der Waals surface area contributed by atoms with E-state index in [1.165, 1.54) is 141 Å². The van der Waals surface area contributed by atoms with E-state index in [4.69, 9.17) is 0 Å². The van der Waals surface area contributed by atoms with E-state index in [1.807, 2.05) is 22.7 Å². The van der Waals surface area contributed by atoms with Gasteiger partial charge in [0.25, 0.3) is 0 Å². The van der Waals surface area contributed by atoms with Crippen molar-refractivity contribution in [2.75, 3.05) is 0 Å². The van der Waals surface area contributed by atoms with E-state index in [1.54, 1.807) is 0 Å². The minimum absolute atomic E-state index is 0.147. The van der Waals surface area contributed by atoms with E-state index in [0.717, 1.165) is 0 Å². The highest BCUT2D eigenvalue weighted by Crippen LogP contribution is 2.52. The zero-order valence-corrected chi connectivity index (χ0v) is 40.8. The van der Waals surface area contributed by atoms with Gasteiger partial charge in [-0.1, -0.05) is 147 Å². The summed E-state index contributed by atoms with van der Waals surface area (Å²) in [5.41, 5.74) is 17.6. The average molecular weight is 941 g/mol. The molecule has 0 atom stereocenters. The molecule has 0 saturated carbocycles. The monoisotopic (exact) mass is 940 g/mol. The van der Waals surface area contributed by atoms with Gasteiger partial charge in [-0.15, -0.1) is 22.7 Å². The zero-order chi connectivity index (χ0) is 47.0. The van der Waals surface area contributed by atoms with Crippen molar-refractivity contribution >= 4 is 87.8 Å². The lowest BCUT2D eigenvalue weighted by Gasteiger charge is -2.22. The number of fused-ring (bicyclic) bond motifs is 11. The van der Waals surface area contributed by atoms with Gasteiger partial charge in [-0.25, -0.2) is 0 Å². The van der Waals surface area contributed by atoms with E-state index in [2.05, 4.69) is 254 Å². The first-order valence-corrected chi connectivity index (χ1v) is 26.1. The fraction of sp³-hybridized carbons (Fsp3) is 0.0448. The van der Waals surface area contributed by atoms with Crippen molar-refractivity contribution in [1.29, 1.82) is 0 Å². The Hall–Kier alpha value is -8.28. The third-order valence-electron chi connectivity index (χ3n) is 15.4. The van der Waals surface area contributed by atoms with Crippen LogP contribution in [0.5, 0.6) is 0 Å². The van der Waals surface area contributed by atoms with Gasteiger partial charge in [-0.2, -0.15) is 0 Å². The lowest BCUT2D eigenvalue weighted by Crippen LogP contribution is -2.15. The minimum atomic E-state index is -0.147. The Labute approximate surface area is 419 Å². The highest BCUT2D eigenvalue weighted by Gasteiger charge is 2.36. The van der Waals surface area contributed by atoms with Crippen LogP contribution in [0.4, 0.5) is 0 Å². The van der Waals surface area contributed by atoms with Crippen LogP contribution in [0.2, 0.25) is 0 Å². The summed E-state index contributed by atoms with van der Waals surface area (Å²) in [6.45, 7) is 4.80. The fourth-order valence-electron chi connectivity index (χ4n) is 11.8. The predicted octanol–water partition coefficient (Wildman–Crippen LogP) is 19.3. The lowest BCUT2D eigenvalue weighted by atomic mass is 9.81. The van der Waals surface area contributed by atoms with Crippen molar-refractivity contribution in [2.45, 2.75) is 19.3 Å². The smallest absolute Gasteiger partial charge is 0.0541 e. The van der Waals surface area contributed by atoms with Gasteiger partial charge < -0.3 is 9.13 Å². The first-order valence-electron chi connectivity index (χ1n) is 24.5. The molecule has 0 bridgehead atoms. The van der Waals surface area contributed by atoms with Crippen LogP contribution in [0.25, 0.3) is 129 Å². The predicted molar refractivity (Wildman–Crippen MR) is 305 cm³/mol. The number of thiophene rings is 2. The molecule has 1 aliphatic carbocycles. The molecular weight excluding hydrogens is 897 g/mol. The molecule has 0 radical (unpaired) electrons. The Morgan fingerprint density at radius 1 is 0.296 bits per heavy atom. The first kappa shape index (κ1) is 40.6. The lowest BCUT2D eigenvalue weighted by molar-refractivity contribution is 0.661. The number of benzene rings is 10. The summed E-state index contributed by atoms with van der Waals surface area (Å²) in [6.07, 6.45) is 0. The van der Waals surface area contributed by atoms with E-state index >= 15 is 0 Å². The molecule has 4 aromatic heterocycles. The second kappa shape index (κ2) is 15.4. The largest absolute Gasteiger partial charge is 0.309 e. The van der Waals surface area contributed by atoms with Crippen LogP contribution in [-0.2, 0) is 5.41 Å². The van der Waals surface area contributed by atoms with Crippen LogP contribution in [0.1, 0.15) is 25.0 Å². The maximum absolute atomic E-state index is 2.46. The molecule has 0 amide bonds. The third kappa shape index (κ3) is 6.25. The second-order valence-corrected chi connectivity index (χ2v) is 21.9. The maximum Gasteiger partial charge on any atom is 0.0541 e. The van der Waals surface area contributed by atoms with Gasteiger partial charge in [0.15, 0.2) is 0 Å². The average Bonchev–Trinajstić information content (AvgIpc) is 4.27. The summed E-state index contributed by atoms with van der Waals surface area (Å²) in [4.78, 5) is 5.13. The van der Waals surface area contributed by atoms with Crippen molar-refractivity contribution in [2.24, 2.45) is 0 Å². The topological polar surface area (TPSA) is 9.86 Å². The molecule has 1 aliphatic rings. The summed E-state index contributed by atoms with van der Waals surface area (Å²) in [5, 5.41) is 10.1. The Morgan fingerprint density at radius 2 is 0.662 bits per heavy atom. The molecule has 2 nitrogen and oxygen atoms in total. The van der Waals surface area contributed by atoms with Crippen molar-refractivity contribution in [3.63, 3.8) is 0 Å². The maximum atomic E-state index is 2.46. The molecule has 15 rings (SSSR count). The molecule has 4 heteroatoms. The van der Waals surface area contributed by atoms with Crippen molar-refractivity contribution in [3.05, 3.63) is 242 Å². The summed E-state index contributed by atoms with van der Waals surface area (Å²) < 4.78 is 4.83. The highest BCUT2D eigenvalue weighted by atomic mass is 32.1. The normalized spacial score (nSPS) is 13.0. The molecule has 71 heavy (non-hydrogen) atoms. The number of hydrogen-bond donors (Lipinski definition) is 0. The van der Waals surface area contributed by atoms with Gasteiger partial charge in [-0.3, -0.25) is 0 Å². The molecule has 0 N–H and O–H groups in total. The SMILES string of the molecule is CC1(C)c2cc(-c3ccc(-c4ccc5c(c4)c4ccccc4n5-c4ccc5ccccc5c4)s3)ccc2-c2ccc(-c3ccc(-c4ccc5c(c4)c4ccccc4n5-c4ccc5ccccc5c4)s3)cc21. The molecular formula is C67H44N2S2. The van der Waals surface area contributed by atoms with E-state index < -0.39 is 0 Å². The summed E-state index contributed by atoms with van der Waals surface area (Å²) >= 11 is 3.76. The quantitative estimate of drug-likeness (QED) is 0.157. The van der Waals surface area contributed by atoms with Gasteiger partial charge in [0.1, 0.15) is 0 Å². The molecule has 14 aromatic rings. The summed E-state index contributed by atoms with van der Waals surface area (Å²) in [6, 6.07) is 86.0. The van der Waals surface area contributed by atoms with Gasteiger partial charge in [0, 0.05) is 57.8 Å². The van der Waals surface area contributed by atoms with Crippen LogP contribution >= 0.6 is 22.7 Å². The molecule has 0 unspecified atom stereocenters. The minimum Gasteiger partial charge on any atom is -0.309 e. The number of para-hydroxylation sites is 2. The molecule has 10 aromatic carbocycles.